The van der Waals surface area contributed by atoms with Crippen LogP contribution in [0.4, 0.5) is 8.78 Å². The van der Waals surface area contributed by atoms with Crippen LogP contribution in [0.25, 0.3) is 0 Å². The van der Waals surface area contributed by atoms with Crippen LogP contribution >= 0.6 is 0 Å². The van der Waals surface area contributed by atoms with Gasteiger partial charge in [-0.15, -0.1) is 0 Å². The molecule has 1 aromatic rings. The van der Waals surface area contributed by atoms with Crippen LogP contribution in [0.1, 0.15) is 42.5 Å². The zero-order chi connectivity index (χ0) is 16.4. The Kier molecular flexibility index (Phi) is 3.31. The lowest BCUT2D eigenvalue weighted by Gasteiger charge is -2.58. The van der Waals surface area contributed by atoms with E-state index in [-0.39, 0.29) is 23.3 Å². The second kappa shape index (κ2) is 5.03. The van der Waals surface area contributed by atoms with Gasteiger partial charge in [0.15, 0.2) is 0 Å². The highest BCUT2D eigenvalue weighted by Crippen LogP contribution is 2.55. The number of amides is 1. The van der Waals surface area contributed by atoms with E-state index in [0.717, 1.165) is 31.4 Å². The summed E-state index contributed by atoms with van der Waals surface area (Å²) in [7, 11) is 5.38. The molecule has 4 bridgehead atoms. The third-order valence-electron chi connectivity index (χ3n) is 5.83. The summed E-state index contributed by atoms with van der Waals surface area (Å²) >= 11 is 0. The molecule has 3 nitrogen and oxygen atoms in total. The Morgan fingerprint density at radius 1 is 1.17 bits per heavy atom. The van der Waals surface area contributed by atoms with Gasteiger partial charge >= 0.3 is 0 Å². The number of aliphatic hydroxyl groups is 1. The summed E-state index contributed by atoms with van der Waals surface area (Å²) in [5.41, 5.74) is -1.23. The molecule has 1 amide bonds. The molecular formula is C17H18BF2NO2. The molecule has 2 N–H and O–H groups in total. The SMILES string of the molecule is [B]c1cc(F)c(C(=O)NC2C3CC4CC2CC(O)(C4)C3)c(F)c1. The second-order valence-electron chi connectivity index (χ2n) is 7.55. The Balaban J connectivity index is 1.56. The zero-order valence-electron chi connectivity index (χ0n) is 12.7. The smallest absolute Gasteiger partial charge is 0.257 e. The third-order valence-corrected chi connectivity index (χ3v) is 5.83. The van der Waals surface area contributed by atoms with Gasteiger partial charge in [-0.1, -0.05) is 5.46 Å². The van der Waals surface area contributed by atoms with Crippen LogP contribution in [-0.2, 0) is 0 Å². The molecule has 23 heavy (non-hydrogen) atoms. The molecule has 4 aliphatic carbocycles. The van der Waals surface area contributed by atoms with Gasteiger partial charge < -0.3 is 10.4 Å². The summed E-state index contributed by atoms with van der Waals surface area (Å²) in [5, 5.41) is 13.4. The van der Waals surface area contributed by atoms with Gasteiger partial charge in [-0.25, -0.2) is 8.78 Å². The van der Waals surface area contributed by atoms with Crippen LogP contribution in [0, 0.1) is 29.4 Å². The number of hydrogen-bond acceptors (Lipinski definition) is 2. The van der Waals surface area contributed by atoms with Gasteiger partial charge in [-0.3, -0.25) is 4.79 Å². The van der Waals surface area contributed by atoms with Crippen LogP contribution in [0.3, 0.4) is 0 Å². The lowest BCUT2D eigenvalue weighted by molar-refractivity contribution is -0.137. The standard InChI is InChI=1S/C17H18BF2NO2/c18-11-3-12(19)14(13(20)4-11)16(22)21-15-9-1-8-2-10(15)7-17(23,5-8)6-9/h3-4,8-10,15,23H,1-2,5-7H2,(H,21,22). The molecule has 0 aromatic heterocycles. The molecule has 120 valence electrons. The largest absolute Gasteiger partial charge is 0.390 e. The number of hydrogen-bond donors (Lipinski definition) is 2. The number of halogens is 2. The lowest BCUT2D eigenvalue weighted by Crippen LogP contribution is -2.61. The fourth-order valence-corrected chi connectivity index (χ4v) is 5.25. The van der Waals surface area contributed by atoms with Gasteiger partial charge in [0, 0.05) is 6.04 Å². The molecule has 0 aliphatic heterocycles. The topological polar surface area (TPSA) is 49.3 Å². The van der Waals surface area contributed by atoms with Gasteiger partial charge in [0.2, 0.25) is 0 Å². The Labute approximate surface area is 134 Å². The van der Waals surface area contributed by atoms with Crippen LogP contribution in [0.2, 0.25) is 0 Å². The van der Waals surface area contributed by atoms with Crippen molar-refractivity contribution in [2.75, 3.05) is 0 Å². The summed E-state index contributed by atoms with van der Waals surface area (Å²) in [4.78, 5) is 12.4. The fraction of sp³-hybridized carbons (Fsp3) is 0.588. The molecule has 5 rings (SSSR count). The minimum atomic E-state index is -0.942. The minimum absolute atomic E-state index is 0.0478. The van der Waals surface area contributed by atoms with Crippen molar-refractivity contribution < 1.29 is 18.7 Å². The van der Waals surface area contributed by atoms with Crippen molar-refractivity contribution in [3.05, 3.63) is 29.3 Å². The van der Waals surface area contributed by atoms with E-state index in [1.54, 1.807) is 0 Å². The van der Waals surface area contributed by atoms with Crippen molar-refractivity contribution in [1.82, 2.24) is 5.32 Å². The molecule has 4 fully saturated rings. The van der Waals surface area contributed by atoms with E-state index in [1.165, 1.54) is 0 Å². The predicted molar refractivity (Wildman–Crippen MR) is 81.5 cm³/mol. The third kappa shape index (κ3) is 2.47. The number of nitrogens with one attached hydrogen (secondary N) is 1. The predicted octanol–water partition coefficient (Wildman–Crippen LogP) is 1.43. The summed E-state index contributed by atoms with van der Waals surface area (Å²) < 4.78 is 27.8. The highest BCUT2D eigenvalue weighted by molar-refractivity contribution is 6.32. The molecule has 0 heterocycles. The van der Waals surface area contributed by atoms with Crippen LogP contribution in [0.5, 0.6) is 0 Å². The molecule has 6 heteroatoms. The first-order chi connectivity index (χ1) is 10.8. The Bertz CT molecular complexity index is 642. The van der Waals surface area contributed by atoms with Gasteiger partial charge in [0.1, 0.15) is 25.0 Å². The first-order valence-electron chi connectivity index (χ1n) is 8.12. The molecule has 2 radical (unpaired) electrons. The Morgan fingerprint density at radius 3 is 2.26 bits per heavy atom. The van der Waals surface area contributed by atoms with Crippen LogP contribution < -0.4 is 10.8 Å². The van der Waals surface area contributed by atoms with Crippen molar-refractivity contribution in [2.24, 2.45) is 17.8 Å². The molecule has 4 aliphatic rings. The van der Waals surface area contributed by atoms with E-state index in [1.807, 2.05) is 0 Å². The lowest BCUT2D eigenvalue weighted by atomic mass is 9.52. The van der Waals surface area contributed by atoms with Gasteiger partial charge in [-0.05, 0) is 62.0 Å². The van der Waals surface area contributed by atoms with E-state index in [4.69, 9.17) is 7.85 Å². The normalized spacial score (nSPS) is 37.9. The maximum absolute atomic E-state index is 13.9. The number of rotatable bonds is 2. The molecule has 0 saturated heterocycles. The summed E-state index contributed by atoms with van der Waals surface area (Å²) in [6, 6.07) is 1.80. The van der Waals surface area contributed by atoms with Gasteiger partial charge in [-0.2, -0.15) is 0 Å². The van der Waals surface area contributed by atoms with Crippen molar-refractivity contribution in [2.45, 2.75) is 43.7 Å². The average Bonchev–Trinajstić information content (AvgIpc) is 2.39. The first kappa shape index (κ1) is 15.1. The number of carbonyl (C=O) groups is 1. The molecule has 4 saturated carbocycles. The Morgan fingerprint density at radius 2 is 1.74 bits per heavy atom. The van der Waals surface area contributed by atoms with Crippen molar-refractivity contribution >= 4 is 19.2 Å². The first-order valence-corrected chi connectivity index (χ1v) is 8.12. The summed E-state index contributed by atoms with van der Waals surface area (Å²) in [5.74, 6) is -1.73. The number of benzene rings is 1. The van der Waals surface area contributed by atoms with E-state index in [2.05, 4.69) is 5.32 Å². The van der Waals surface area contributed by atoms with Crippen molar-refractivity contribution in [1.29, 1.82) is 0 Å². The molecule has 1 aromatic carbocycles. The highest BCUT2D eigenvalue weighted by atomic mass is 19.1. The maximum Gasteiger partial charge on any atom is 0.257 e. The average molecular weight is 317 g/mol. The van der Waals surface area contributed by atoms with E-state index in [9.17, 15) is 18.7 Å². The molecule has 0 spiro atoms. The van der Waals surface area contributed by atoms with Crippen molar-refractivity contribution in [3.63, 3.8) is 0 Å². The molecule has 2 atom stereocenters. The molecule has 2 unspecified atom stereocenters. The summed E-state index contributed by atoms with van der Waals surface area (Å²) in [6.07, 6.45) is 4.12. The van der Waals surface area contributed by atoms with Crippen LogP contribution in [0.15, 0.2) is 12.1 Å². The second-order valence-corrected chi connectivity index (χ2v) is 7.55. The van der Waals surface area contributed by atoms with E-state index >= 15 is 0 Å². The number of carbonyl (C=O) groups excluding carboxylic acids is 1. The molecular weight excluding hydrogens is 299 g/mol. The van der Waals surface area contributed by atoms with E-state index in [0.29, 0.717) is 18.8 Å². The zero-order valence-corrected chi connectivity index (χ0v) is 12.7. The maximum atomic E-state index is 13.9. The Hall–Kier alpha value is -1.43. The fourth-order valence-electron chi connectivity index (χ4n) is 5.25. The van der Waals surface area contributed by atoms with Crippen LogP contribution in [-0.4, -0.2) is 30.5 Å². The summed E-state index contributed by atoms with van der Waals surface area (Å²) in [6.45, 7) is 0. The van der Waals surface area contributed by atoms with E-state index < -0.39 is 28.7 Å². The van der Waals surface area contributed by atoms with Gasteiger partial charge in [0.05, 0.1) is 5.60 Å². The quantitative estimate of drug-likeness (QED) is 0.811. The minimum Gasteiger partial charge on any atom is -0.390 e. The monoisotopic (exact) mass is 317 g/mol. The van der Waals surface area contributed by atoms with Gasteiger partial charge in [0.25, 0.3) is 5.91 Å². The highest BCUT2D eigenvalue weighted by Gasteiger charge is 2.55. The van der Waals surface area contributed by atoms with Crippen molar-refractivity contribution in [3.8, 4) is 0 Å².